The van der Waals surface area contributed by atoms with Crippen molar-refractivity contribution in [2.24, 2.45) is 11.7 Å². The van der Waals surface area contributed by atoms with Crippen LogP contribution >= 0.6 is 11.8 Å². The van der Waals surface area contributed by atoms with Crippen LogP contribution in [0.2, 0.25) is 0 Å². The number of amides is 1. The van der Waals surface area contributed by atoms with Crippen LogP contribution in [0.4, 0.5) is 0 Å². The maximum absolute atomic E-state index is 11.9. The van der Waals surface area contributed by atoms with Crippen molar-refractivity contribution in [2.75, 3.05) is 6.61 Å². The molecule has 3 aromatic rings. The monoisotopic (exact) mass is 393 g/mol. The highest BCUT2D eigenvalue weighted by Gasteiger charge is 2.42. The third-order valence-electron chi connectivity index (χ3n) is 5.16. The Hall–Kier alpha value is -2.57. The van der Waals surface area contributed by atoms with Gasteiger partial charge in [0.2, 0.25) is 5.91 Å². The Balaban J connectivity index is 1.65. The fourth-order valence-electron chi connectivity index (χ4n) is 3.63. The van der Waals surface area contributed by atoms with Gasteiger partial charge in [-0.3, -0.25) is 4.79 Å². The Labute approximate surface area is 168 Å². The number of carbonyl (C=O) groups excluding carboxylic acids is 1. The quantitative estimate of drug-likeness (QED) is 0.710. The van der Waals surface area contributed by atoms with Gasteiger partial charge in [-0.25, -0.2) is 4.98 Å². The van der Waals surface area contributed by atoms with Crippen molar-refractivity contribution in [3.05, 3.63) is 78.4 Å². The SMILES string of the molecule is Cc1nccn1-c1ccc(SC2(c3ccccc3)CC(C(N)=O)CCO2)cc1. The van der Waals surface area contributed by atoms with E-state index in [1.165, 1.54) is 0 Å². The minimum Gasteiger partial charge on any atom is -0.369 e. The summed E-state index contributed by atoms with van der Waals surface area (Å²) in [5.41, 5.74) is 7.75. The van der Waals surface area contributed by atoms with Gasteiger partial charge in [-0.2, -0.15) is 0 Å². The van der Waals surface area contributed by atoms with Crippen molar-refractivity contribution in [3.8, 4) is 5.69 Å². The topological polar surface area (TPSA) is 70.1 Å². The van der Waals surface area contributed by atoms with Crippen LogP contribution in [0.5, 0.6) is 0 Å². The Bertz CT molecular complexity index is 955. The van der Waals surface area contributed by atoms with E-state index in [0.717, 1.165) is 22.0 Å². The summed E-state index contributed by atoms with van der Waals surface area (Å²) < 4.78 is 8.34. The van der Waals surface area contributed by atoms with E-state index >= 15 is 0 Å². The Morgan fingerprint density at radius 2 is 1.96 bits per heavy atom. The first kappa shape index (κ1) is 18.8. The Kier molecular flexibility index (Phi) is 5.24. The predicted molar refractivity (Wildman–Crippen MR) is 110 cm³/mol. The molecule has 2 aromatic carbocycles. The number of nitrogens with zero attached hydrogens (tertiary/aromatic N) is 2. The van der Waals surface area contributed by atoms with Crippen molar-refractivity contribution >= 4 is 17.7 Å². The number of nitrogens with two attached hydrogens (primary N) is 1. The summed E-state index contributed by atoms with van der Waals surface area (Å²) in [6, 6.07) is 18.4. The minimum absolute atomic E-state index is 0.186. The summed E-state index contributed by atoms with van der Waals surface area (Å²) in [4.78, 5) is 16.6. The van der Waals surface area contributed by atoms with Crippen LogP contribution < -0.4 is 5.73 Å². The zero-order valence-electron chi connectivity index (χ0n) is 15.7. The molecule has 2 N–H and O–H groups in total. The molecule has 5 nitrogen and oxygen atoms in total. The molecule has 0 spiro atoms. The number of primary amides is 1. The second-order valence-electron chi connectivity index (χ2n) is 7.00. The summed E-state index contributed by atoms with van der Waals surface area (Å²) >= 11 is 1.64. The number of carbonyl (C=O) groups is 1. The largest absolute Gasteiger partial charge is 0.369 e. The average molecular weight is 394 g/mol. The van der Waals surface area contributed by atoms with Gasteiger partial charge in [0, 0.05) is 41.9 Å². The lowest BCUT2D eigenvalue weighted by Crippen LogP contribution is -2.39. The minimum atomic E-state index is -0.619. The molecule has 0 saturated carbocycles. The van der Waals surface area contributed by atoms with E-state index in [2.05, 4.69) is 41.4 Å². The van der Waals surface area contributed by atoms with Crippen LogP contribution in [0.25, 0.3) is 5.69 Å². The van der Waals surface area contributed by atoms with Gasteiger partial charge >= 0.3 is 0 Å². The third kappa shape index (κ3) is 3.70. The zero-order chi connectivity index (χ0) is 19.6. The Morgan fingerprint density at radius 3 is 2.61 bits per heavy atom. The summed E-state index contributed by atoms with van der Waals surface area (Å²) in [7, 11) is 0. The first-order chi connectivity index (χ1) is 13.6. The van der Waals surface area contributed by atoms with Crippen molar-refractivity contribution in [3.63, 3.8) is 0 Å². The maximum Gasteiger partial charge on any atom is 0.220 e. The highest BCUT2D eigenvalue weighted by molar-refractivity contribution is 8.00. The maximum atomic E-state index is 11.9. The number of hydrogen-bond donors (Lipinski definition) is 1. The molecule has 6 heteroatoms. The van der Waals surface area contributed by atoms with E-state index in [0.29, 0.717) is 19.4 Å². The highest BCUT2D eigenvalue weighted by atomic mass is 32.2. The molecule has 1 amide bonds. The smallest absolute Gasteiger partial charge is 0.220 e. The van der Waals surface area contributed by atoms with Crippen LogP contribution in [0.1, 0.15) is 24.2 Å². The zero-order valence-corrected chi connectivity index (χ0v) is 16.6. The summed E-state index contributed by atoms with van der Waals surface area (Å²) in [5.74, 6) is 0.505. The lowest BCUT2D eigenvalue weighted by Gasteiger charge is -2.40. The molecule has 1 aliphatic heterocycles. The van der Waals surface area contributed by atoms with Crippen molar-refractivity contribution < 1.29 is 9.53 Å². The number of imidazole rings is 1. The molecule has 2 atom stereocenters. The van der Waals surface area contributed by atoms with E-state index in [-0.39, 0.29) is 11.8 Å². The number of rotatable bonds is 5. The number of thioether (sulfide) groups is 1. The summed E-state index contributed by atoms with van der Waals surface area (Å²) in [6.07, 6.45) is 4.98. The molecular weight excluding hydrogens is 370 g/mol. The van der Waals surface area contributed by atoms with Gasteiger partial charge in [-0.1, -0.05) is 42.1 Å². The molecule has 1 aliphatic rings. The number of aromatic nitrogens is 2. The molecule has 1 saturated heterocycles. The van der Waals surface area contributed by atoms with Crippen LogP contribution in [0.3, 0.4) is 0 Å². The lowest BCUT2D eigenvalue weighted by molar-refractivity contribution is -0.128. The number of hydrogen-bond acceptors (Lipinski definition) is 4. The number of aryl methyl sites for hydroxylation is 1. The van der Waals surface area contributed by atoms with E-state index in [9.17, 15) is 4.79 Å². The van der Waals surface area contributed by atoms with Crippen LogP contribution in [0.15, 0.2) is 71.9 Å². The number of benzene rings is 2. The highest BCUT2D eigenvalue weighted by Crippen LogP contribution is 2.49. The van der Waals surface area contributed by atoms with Crippen LogP contribution in [-0.2, 0) is 14.5 Å². The first-order valence-corrected chi connectivity index (χ1v) is 10.2. The molecule has 28 heavy (non-hydrogen) atoms. The van der Waals surface area contributed by atoms with Crippen LogP contribution in [-0.4, -0.2) is 22.1 Å². The fourth-order valence-corrected chi connectivity index (χ4v) is 4.97. The molecule has 0 bridgehead atoms. The Morgan fingerprint density at radius 1 is 1.21 bits per heavy atom. The summed E-state index contributed by atoms with van der Waals surface area (Å²) in [5, 5.41) is 0. The van der Waals surface area contributed by atoms with Gasteiger partial charge in [0.15, 0.2) is 0 Å². The van der Waals surface area contributed by atoms with E-state index < -0.39 is 4.93 Å². The molecule has 4 rings (SSSR count). The molecule has 0 aliphatic carbocycles. The molecular formula is C22H23N3O2S. The molecule has 144 valence electrons. The van der Waals surface area contributed by atoms with Crippen molar-refractivity contribution in [2.45, 2.75) is 29.6 Å². The van der Waals surface area contributed by atoms with Gasteiger partial charge in [-0.15, -0.1) is 0 Å². The molecule has 1 aromatic heterocycles. The van der Waals surface area contributed by atoms with Gasteiger partial charge in [0.25, 0.3) is 0 Å². The molecule has 1 fully saturated rings. The molecule has 2 unspecified atom stereocenters. The third-order valence-corrected chi connectivity index (χ3v) is 6.51. The number of ether oxygens (including phenoxy) is 1. The van der Waals surface area contributed by atoms with Gasteiger partial charge < -0.3 is 15.0 Å². The second kappa shape index (κ2) is 7.81. The molecule has 0 radical (unpaired) electrons. The van der Waals surface area contributed by atoms with Crippen LogP contribution in [0, 0.1) is 12.8 Å². The average Bonchev–Trinajstić information content (AvgIpc) is 3.15. The van der Waals surface area contributed by atoms with E-state index in [1.807, 2.05) is 35.9 Å². The van der Waals surface area contributed by atoms with Gasteiger partial charge in [0.1, 0.15) is 10.8 Å². The van der Waals surface area contributed by atoms with Gasteiger partial charge in [-0.05, 0) is 43.2 Å². The standard InChI is InChI=1S/C22H23N3O2S/c1-16-24-12-13-25(16)19-7-9-20(10-8-19)28-22(18-5-3-2-4-6-18)15-17(21(23)26)11-14-27-22/h2-10,12-13,17H,11,14-15H2,1H3,(H2,23,26). The summed E-state index contributed by atoms with van der Waals surface area (Å²) in [6.45, 7) is 2.49. The van der Waals surface area contributed by atoms with Crippen molar-refractivity contribution in [1.82, 2.24) is 9.55 Å². The first-order valence-electron chi connectivity index (χ1n) is 9.36. The molecule has 2 heterocycles. The van der Waals surface area contributed by atoms with E-state index in [4.69, 9.17) is 10.5 Å². The normalized spacial score (nSPS) is 22.1. The van der Waals surface area contributed by atoms with Gasteiger partial charge in [0.05, 0.1) is 0 Å². The lowest BCUT2D eigenvalue weighted by atomic mass is 9.91. The fraction of sp³-hybridized carbons (Fsp3) is 0.273. The second-order valence-corrected chi connectivity index (χ2v) is 8.33. The van der Waals surface area contributed by atoms with Crippen molar-refractivity contribution in [1.29, 1.82) is 0 Å². The predicted octanol–water partition coefficient (Wildman–Crippen LogP) is 4.04. The van der Waals surface area contributed by atoms with E-state index in [1.54, 1.807) is 18.0 Å².